The first kappa shape index (κ1) is 14.1. The molecule has 0 aliphatic carbocycles. The van der Waals surface area contributed by atoms with Gasteiger partial charge >= 0.3 is 5.97 Å². The van der Waals surface area contributed by atoms with Crippen molar-refractivity contribution >= 4 is 22.4 Å². The molecule has 0 bridgehead atoms. The van der Waals surface area contributed by atoms with Crippen molar-refractivity contribution in [1.82, 2.24) is 4.98 Å². The zero-order valence-corrected chi connectivity index (χ0v) is 13.0. The van der Waals surface area contributed by atoms with E-state index in [-0.39, 0.29) is 5.97 Å². The minimum Gasteiger partial charge on any atom is -0.465 e. The highest BCUT2D eigenvalue weighted by atomic mass is 32.1. The largest absolute Gasteiger partial charge is 0.465 e. The maximum Gasteiger partial charge on any atom is 0.350 e. The molecule has 1 aromatic heterocycles. The van der Waals surface area contributed by atoms with Gasteiger partial charge in [0.15, 0.2) is 5.13 Å². The number of hydrogen-bond acceptors (Lipinski definition) is 5. The van der Waals surface area contributed by atoms with Crippen LogP contribution in [0.2, 0.25) is 0 Å². The molecule has 0 N–H and O–H groups in total. The number of benzene rings is 1. The van der Waals surface area contributed by atoms with Crippen molar-refractivity contribution in [1.29, 1.82) is 0 Å². The Kier molecular flexibility index (Phi) is 3.92. The topological polar surface area (TPSA) is 42.4 Å². The number of carbonyl (C=O) groups is 1. The minimum atomic E-state index is -0.296. The van der Waals surface area contributed by atoms with Crippen molar-refractivity contribution in [2.24, 2.45) is 0 Å². The van der Waals surface area contributed by atoms with Crippen LogP contribution in [-0.2, 0) is 4.74 Å². The lowest BCUT2D eigenvalue weighted by Gasteiger charge is -2.15. The Morgan fingerprint density at radius 2 is 2.14 bits per heavy atom. The Hall–Kier alpha value is -1.88. The number of thiazole rings is 1. The summed E-state index contributed by atoms with van der Waals surface area (Å²) in [5.41, 5.74) is 2.13. The molecule has 3 rings (SSSR count). The lowest BCUT2D eigenvalue weighted by atomic mass is 9.99. The van der Waals surface area contributed by atoms with Crippen LogP contribution in [-0.4, -0.2) is 31.2 Å². The Bertz CT molecular complexity index is 639. The molecule has 1 fully saturated rings. The molecule has 1 aliphatic rings. The average molecular weight is 302 g/mol. The first-order chi connectivity index (χ1) is 10.2. The molecule has 4 nitrogen and oxygen atoms in total. The molecule has 0 radical (unpaired) electrons. The van der Waals surface area contributed by atoms with E-state index in [9.17, 15) is 4.79 Å². The quantitative estimate of drug-likeness (QED) is 0.816. The normalized spacial score (nSPS) is 18.0. The highest BCUT2D eigenvalue weighted by Crippen LogP contribution is 2.34. The molecule has 21 heavy (non-hydrogen) atoms. The van der Waals surface area contributed by atoms with Gasteiger partial charge in [0, 0.05) is 19.0 Å². The summed E-state index contributed by atoms with van der Waals surface area (Å²) in [5, 5.41) is 0.923. The molecule has 5 heteroatoms. The zero-order chi connectivity index (χ0) is 14.8. The van der Waals surface area contributed by atoms with Gasteiger partial charge in [0.2, 0.25) is 0 Å². The van der Waals surface area contributed by atoms with Crippen molar-refractivity contribution in [2.45, 2.75) is 19.3 Å². The van der Waals surface area contributed by atoms with Gasteiger partial charge in [-0.05, 0) is 18.9 Å². The third kappa shape index (κ3) is 2.78. The molecule has 0 spiro atoms. The van der Waals surface area contributed by atoms with Gasteiger partial charge in [0.05, 0.1) is 12.8 Å². The fraction of sp³-hybridized carbons (Fsp3) is 0.375. The standard InChI is InChI=1S/C16H18N2O2S/c1-11-14(15(19)20-2)21-16(17-11)18-9-8-13(10-18)12-6-4-3-5-7-12/h3-7,13H,8-10H2,1-2H3. The fourth-order valence-corrected chi connectivity index (χ4v) is 3.75. The maximum absolute atomic E-state index is 11.7. The number of nitrogens with zero attached hydrogens (tertiary/aromatic N) is 2. The number of aromatic nitrogens is 1. The second-order valence-electron chi connectivity index (χ2n) is 5.24. The number of hydrogen-bond donors (Lipinski definition) is 0. The van der Waals surface area contributed by atoms with E-state index < -0.39 is 0 Å². The summed E-state index contributed by atoms with van der Waals surface area (Å²) >= 11 is 1.43. The van der Waals surface area contributed by atoms with Gasteiger partial charge in [0.25, 0.3) is 0 Å². The molecule has 1 atom stereocenters. The van der Waals surface area contributed by atoms with Gasteiger partial charge in [-0.15, -0.1) is 0 Å². The summed E-state index contributed by atoms with van der Waals surface area (Å²) in [5.74, 6) is 0.243. The number of rotatable bonds is 3. The second kappa shape index (κ2) is 5.85. The van der Waals surface area contributed by atoms with Crippen LogP contribution in [0.4, 0.5) is 5.13 Å². The van der Waals surface area contributed by atoms with Gasteiger partial charge < -0.3 is 9.64 Å². The third-order valence-electron chi connectivity index (χ3n) is 3.89. The molecule has 0 amide bonds. The summed E-state index contributed by atoms with van der Waals surface area (Å²) in [6, 6.07) is 10.6. The lowest BCUT2D eigenvalue weighted by molar-refractivity contribution is 0.0605. The Morgan fingerprint density at radius 1 is 1.38 bits per heavy atom. The number of carbonyl (C=O) groups excluding carboxylic acids is 1. The SMILES string of the molecule is COC(=O)c1sc(N2CCC(c3ccccc3)C2)nc1C. The minimum absolute atomic E-state index is 0.296. The first-order valence-electron chi connectivity index (χ1n) is 7.04. The monoisotopic (exact) mass is 302 g/mol. The van der Waals surface area contributed by atoms with E-state index in [2.05, 4.69) is 34.1 Å². The fourth-order valence-electron chi connectivity index (χ4n) is 2.73. The van der Waals surface area contributed by atoms with E-state index in [4.69, 9.17) is 4.74 Å². The number of esters is 1. The van der Waals surface area contributed by atoms with Gasteiger partial charge in [-0.1, -0.05) is 41.7 Å². The molecule has 2 aromatic rings. The number of methoxy groups -OCH3 is 1. The molecule has 2 heterocycles. The van der Waals surface area contributed by atoms with Crippen LogP contribution in [0.25, 0.3) is 0 Å². The summed E-state index contributed by atoms with van der Waals surface area (Å²) in [7, 11) is 1.41. The van der Waals surface area contributed by atoms with Crippen molar-refractivity contribution < 1.29 is 9.53 Å². The predicted molar refractivity (Wildman–Crippen MR) is 84.2 cm³/mol. The molecular weight excluding hydrogens is 284 g/mol. The van der Waals surface area contributed by atoms with E-state index >= 15 is 0 Å². The summed E-state index contributed by atoms with van der Waals surface area (Å²) < 4.78 is 4.80. The van der Waals surface area contributed by atoms with Gasteiger partial charge in [-0.25, -0.2) is 9.78 Å². The highest BCUT2D eigenvalue weighted by molar-refractivity contribution is 7.17. The van der Waals surface area contributed by atoms with Crippen LogP contribution in [0, 0.1) is 6.92 Å². The average Bonchev–Trinajstić information content (AvgIpc) is 3.14. The lowest BCUT2D eigenvalue weighted by Crippen LogP contribution is -2.18. The van der Waals surface area contributed by atoms with Crippen LogP contribution in [0.3, 0.4) is 0 Å². The summed E-state index contributed by atoms with van der Waals surface area (Å²) in [4.78, 5) is 19.1. The second-order valence-corrected chi connectivity index (χ2v) is 6.22. The van der Waals surface area contributed by atoms with Crippen LogP contribution < -0.4 is 4.90 Å². The van der Waals surface area contributed by atoms with Crippen LogP contribution >= 0.6 is 11.3 Å². The van der Waals surface area contributed by atoms with Crippen molar-refractivity contribution in [2.75, 3.05) is 25.1 Å². The van der Waals surface area contributed by atoms with E-state index in [0.717, 1.165) is 30.3 Å². The summed E-state index contributed by atoms with van der Waals surface area (Å²) in [6.45, 7) is 3.79. The number of anilines is 1. The molecular formula is C16H18N2O2S. The van der Waals surface area contributed by atoms with Crippen LogP contribution in [0.5, 0.6) is 0 Å². The summed E-state index contributed by atoms with van der Waals surface area (Å²) in [6.07, 6.45) is 1.12. The van der Waals surface area contributed by atoms with Crippen LogP contribution in [0.1, 0.15) is 33.3 Å². The van der Waals surface area contributed by atoms with Gasteiger partial charge in [0.1, 0.15) is 4.88 Å². The number of aryl methyl sites for hydroxylation is 1. The Morgan fingerprint density at radius 3 is 2.86 bits per heavy atom. The third-order valence-corrected chi connectivity index (χ3v) is 5.08. The van der Waals surface area contributed by atoms with E-state index in [1.54, 1.807) is 0 Å². The Labute approximate surface area is 128 Å². The molecule has 1 aromatic carbocycles. The van der Waals surface area contributed by atoms with Gasteiger partial charge in [-0.3, -0.25) is 0 Å². The maximum atomic E-state index is 11.7. The van der Waals surface area contributed by atoms with E-state index in [0.29, 0.717) is 10.8 Å². The van der Waals surface area contributed by atoms with Gasteiger partial charge in [-0.2, -0.15) is 0 Å². The first-order valence-corrected chi connectivity index (χ1v) is 7.86. The molecule has 1 unspecified atom stereocenters. The van der Waals surface area contributed by atoms with Crippen molar-refractivity contribution in [3.63, 3.8) is 0 Å². The number of ether oxygens (including phenoxy) is 1. The zero-order valence-electron chi connectivity index (χ0n) is 12.2. The molecule has 110 valence electrons. The molecule has 0 saturated carbocycles. The smallest absolute Gasteiger partial charge is 0.350 e. The van der Waals surface area contributed by atoms with E-state index in [1.807, 2.05) is 13.0 Å². The predicted octanol–water partition coefficient (Wildman–Crippen LogP) is 3.23. The molecule has 1 aliphatic heterocycles. The van der Waals surface area contributed by atoms with Crippen molar-refractivity contribution in [3.05, 3.63) is 46.5 Å². The van der Waals surface area contributed by atoms with Crippen LogP contribution in [0.15, 0.2) is 30.3 Å². The molecule has 1 saturated heterocycles. The highest BCUT2D eigenvalue weighted by Gasteiger charge is 2.27. The Balaban J connectivity index is 1.76. The van der Waals surface area contributed by atoms with Crippen molar-refractivity contribution in [3.8, 4) is 0 Å². The van der Waals surface area contributed by atoms with E-state index in [1.165, 1.54) is 24.0 Å².